The molecule has 0 bridgehead atoms. The van der Waals surface area contributed by atoms with Gasteiger partial charge in [-0.25, -0.2) is 12.8 Å². The fraction of sp³-hybridized carbons (Fsp3) is 0.462. The van der Waals surface area contributed by atoms with Crippen molar-refractivity contribution in [3.05, 3.63) is 35.1 Å². The lowest BCUT2D eigenvalue weighted by molar-refractivity contribution is -0.137. The fourth-order valence-corrected chi connectivity index (χ4v) is 3.53. The van der Waals surface area contributed by atoms with Crippen LogP contribution >= 0.6 is 0 Å². The largest absolute Gasteiger partial charge is 0.480 e. The molecule has 1 rings (SSSR count). The van der Waals surface area contributed by atoms with Crippen LogP contribution in [0.25, 0.3) is 0 Å². The van der Waals surface area contributed by atoms with E-state index in [1.165, 1.54) is 12.1 Å². The molecule has 0 atom stereocenters. The van der Waals surface area contributed by atoms with Crippen LogP contribution in [0.15, 0.2) is 18.2 Å². The van der Waals surface area contributed by atoms with Gasteiger partial charge >= 0.3 is 5.97 Å². The molecule has 0 aliphatic rings. The smallest absolute Gasteiger partial charge is 0.318 e. The summed E-state index contributed by atoms with van der Waals surface area (Å²) in [5.74, 6) is -2.40. The first kappa shape index (κ1) is 16.6. The monoisotopic (exact) mass is 303 g/mol. The summed E-state index contributed by atoms with van der Waals surface area (Å²) in [5, 5.41) is 8.77. The summed E-state index contributed by atoms with van der Waals surface area (Å²) in [5.41, 5.74) is 0.724. The lowest BCUT2D eigenvalue weighted by Gasteiger charge is -2.24. The van der Waals surface area contributed by atoms with Gasteiger partial charge in [0.1, 0.15) is 12.4 Å². The predicted molar refractivity (Wildman–Crippen MR) is 73.2 cm³/mol. The number of sulfonamides is 1. The zero-order valence-electron chi connectivity index (χ0n) is 11.6. The minimum atomic E-state index is -3.89. The highest BCUT2D eigenvalue weighted by Crippen LogP contribution is 2.17. The highest BCUT2D eigenvalue weighted by Gasteiger charge is 2.28. The molecule has 1 aromatic carbocycles. The molecule has 0 saturated carbocycles. The van der Waals surface area contributed by atoms with Crippen LogP contribution in [0.5, 0.6) is 0 Å². The average molecular weight is 303 g/mol. The quantitative estimate of drug-likeness (QED) is 0.869. The normalized spacial score (nSPS) is 12.1. The van der Waals surface area contributed by atoms with E-state index in [-0.39, 0.29) is 5.56 Å². The number of aryl methyl sites for hydroxylation is 1. The van der Waals surface area contributed by atoms with Crippen molar-refractivity contribution in [1.29, 1.82) is 0 Å². The van der Waals surface area contributed by atoms with Gasteiger partial charge < -0.3 is 5.11 Å². The summed E-state index contributed by atoms with van der Waals surface area (Å²) < 4.78 is 39.0. The van der Waals surface area contributed by atoms with Gasteiger partial charge in [0.25, 0.3) is 0 Å². The van der Waals surface area contributed by atoms with Gasteiger partial charge in [0, 0.05) is 11.6 Å². The van der Waals surface area contributed by atoms with Crippen molar-refractivity contribution in [3.63, 3.8) is 0 Å². The number of nitrogens with zero attached hydrogens (tertiary/aromatic N) is 1. The van der Waals surface area contributed by atoms with Crippen molar-refractivity contribution in [1.82, 2.24) is 4.31 Å². The van der Waals surface area contributed by atoms with E-state index in [2.05, 4.69) is 0 Å². The summed E-state index contributed by atoms with van der Waals surface area (Å²) in [6, 6.07) is 3.76. The lowest BCUT2D eigenvalue weighted by atomic mass is 10.2. The van der Waals surface area contributed by atoms with Crippen LogP contribution in [-0.2, 0) is 20.6 Å². The van der Waals surface area contributed by atoms with Crippen molar-refractivity contribution in [2.75, 3.05) is 6.54 Å². The molecule has 0 unspecified atom stereocenters. The Morgan fingerprint density at radius 1 is 1.40 bits per heavy atom. The molecule has 0 radical (unpaired) electrons. The average Bonchev–Trinajstić information content (AvgIpc) is 2.29. The van der Waals surface area contributed by atoms with E-state index in [0.717, 1.165) is 4.31 Å². The van der Waals surface area contributed by atoms with E-state index in [9.17, 15) is 17.6 Å². The minimum absolute atomic E-state index is 0.0339. The molecule has 0 saturated heterocycles. The lowest BCUT2D eigenvalue weighted by Crippen LogP contribution is -2.41. The maximum Gasteiger partial charge on any atom is 0.318 e. The van der Waals surface area contributed by atoms with E-state index in [1.807, 2.05) is 0 Å². The maximum atomic E-state index is 13.7. The molecular weight excluding hydrogens is 285 g/mol. The van der Waals surface area contributed by atoms with E-state index >= 15 is 0 Å². The summed E-state index contributed by atoms with van der Waals surface area (Å²) in [7, 11) is -3.89. The molecular formula is C13H18FNO4S. The molecule has 112 valence electrons. The number of benzene rings is 1. The van der Waals surface area contributed by atoms with E-state index in [1.54, 1.807) is 26.8 Å². The van der Waals surface area contributed by atoms with Crippen LogP contribution in [0.1, 0.15) is 25.0 Å². The number of halogens is 1. The first-order valence-electron chi connectivity index (χ1n) is 6.10. The maximum absolute atomic E-state index is 13.7. The van der Waals surface area contributed by atoms with Gasteiger partial charge in [0.05, 0.1) is 5.75 Å². The highest BCUT2D eigenvalue weighted by atomic mass is 32.2. The van der Waals surface area contributed by atoms with Gasteiger partial charge in [-0.3, -0.25) is 4.79 Å². The van der Waals surface area contributed by atoms with E-state index in [0.29, 0.717) is 5.56 Å². The van der Waals surface area contributed by atoms with Crippen molar-refractivity contribution in [3.8, 4) is 0 Å². The van der Waals surface area contributed by atoms with Gasteiger partial charge in [0.2, 0.25) is 10.0 Å². The minimum Gasteiger partial charge on any atom is -0.480 e. The van der Waals surface area contributed by atoms with Gasteiger partial charge in [-0.1, -0.05) is 12.1 Å². The Kier molecular flexibility index (Phi) is 5.24. The van der Waals surface area contributed by atoms with Gasteiger partial charge in [-0.2, -0.15) is 4.31 Å². The predicted octanol–water partition coefficient (Wildman–Crippen LogP) is 1.76. The van der Waals surface area contributed by atoms with Crippen LogP contribution in [0, 0.1) is 12.7 Å². The van der Waals surface area contributed by atoms with Gasteiger partial charge in [-0.15, -0.1) is 0 Å². The first-order valence-corrected chi connectivity index (χ1v) is 7.70. The molecule has 7 heteroatoms. The Labute approximate surface area is 118 Å². The fourth-order valence-electron chi connectivity index (χ4n) is 1.78. The van der Waals surface area contributed by atoms with Crippen molar-refractivity contribution in [2.45, 2.75) is 32.6 Å². The molecule has 0 fully saturated rings. The molecule has 0 spiro atoms. The number of carbonyl (C=O) groups is 1. The third kappa shape index (κ3) is 4.28. The van der Waals surface area contributed by atoms with E-state index in [4.69, 9.17) is 5.11 Å². The van der Waals surface area contributed by atoms with Gasteiger partial charge in [0.15, 0.2) is 0 Å². The molecule has 0 heterocycles. The highest BCUT2D eigenvalue weighted by molar-refractivity contribution is 7.88. The Morgan fingerprint density at radius 3 is 2.45 bits per heavy atom. The topological polar surface area (TPSA) is 74.7 Å². The molecule has 5 nitrogen and oxygen atoms in total. The molecule has 0 aliphatic carbocycles. The summed E-state index contributed by atoms with van der Waals surface area (Å²) >= 11 is 0. The van der Waals surface area contributed by atoms with Crippen LogP contribution < -0.4 is 0 Å². The van der Waals surface area contributed by atoms with Crippen LogP contribution in [0.3, 0.4) is 0 Å². The number of hydrogen-bond donors (Lipinski definition) is 1. The number of carboxylic acids is 1. The molecule has 0 amide bonds. The summed E-state index contributed by atoms with van der Waals surface area (Å²) in [4.78, 5) is 10.7. The molecule has 1 aromatic rings. The van der Waals surface area contributed by atoms with Crippen LogP contribution in [0.2, 0.25) is 0 Å². The second kappa shape index (κ2) is 6.32. The van der Waals surface area contributed by atoms with Crippen molar-refractivity contribution >= 4 is 16.0 Å². The molecule has 0 aliphatic heterocycles. The number of carboxylic acid groups (broad SMARTS) is 1. The third-order valence-corrected chi connectivity index (χ3v) is 4.71. The summed E-state index contributed by atoms with van der Waals surface area (Å²) in [6.07, 6.45) is 0. The molecule has 20 heavy (non-hydrogen) atoms. The zero-order chi connectivity index (χ0) is 15.5. The number of hydrogen-bond acceptors (Lipinski definition) is 3. The van der Waals surface area contributed by atoms with Crippen molar-refractivity contribution in [2.24, 2.45) is 0 Å². The standard InChI is InChI=1S/C13H18FNO4S/c1-9(2)15(7-13(16)17)20(18,19)8-11-5-4-10(3)6-12(11)14/h4-6,9H,7-8H2,1-3H3,(H,16,17). The van der Waals surface area contributed by atoms with E-state index < -0.39 is 40.1 Å². The van der Waals surface area contributed by atoms with Crippen LogP contribution in [-0.4, -0.2) is 36.4 Å². The first-order chi connectivity index (χ1) is 9.13. The summed E-state index contributed by atoms with van der Waals surface area (Å²) in [6.45, 7) is 4.22. The number of aliphatic carboxylic acids is 1. The Balaban J connectivity index is 3.05. The zero-order valence-corrected chi connectivity index (χ0v) is 12.4. The Hall–Kier alpha value is -1.47. The molecule has 0 aromatic heterocycles. The second-order valence-corrected chi connectivity index (χ2v) is 6.81. The van der Waals surface area contributed by atoms with Gasteiger partial charge in [-0.05, 0) is 32.4 Å². The molecule has 1 N–H and O–H groups in total. The Morgan fingerprint density at radius 2 is 2.00 bits per heavy atom. The third-order valence-electron chi connectivity index (χ3n) is 2.77. The van der Waals surface area contributed by atoms with Crippen molar-refractivity contribution < 1.29 is 22.7 Å². The number of rotatable bonds is 6. The Bertz CT molecular complexity index is 598. The second-order valence-electron chi connectivity index (χ2n) is 4.88. The van der Waals surface area contributed by atoms with Crippen LogP contribution in [0.4, 0.5) is 4.39 Å². The SMILES string of the molecule is Cc1ccc(CS(=O)(=O)N(CC(=O)O)C(C)C)c(F)c1.